The Bertz CT molecular complexity index is 374. The maximum Gasteiger partial charge on any atom is 0.341 e. The maximum absolute atomic E-state index is 10.8. The van der Waals surface area contributed by atoms with Gasteiger partial charge in [-0.1, -0.05) is 6.08 Å². The molecule has 1 aromatic rings. The summed E-state index contributed by atoms with van der Waals surface area (Å²) in [6.45, 7) is 5.72. The van der Waals surface area contributed by atoms with Crippen molar-refractivity contribution in [1.82, 2.24) is 4.98 Å². The van der Waals surface area contributed by atoms with Crippen LogP contribution in [0.15, 0.2) is 24.8 Å². The highest BCUT2D eigenvalue weighted by atomic mass is 16.5. The van der Waals surface area contributed by atoms with E-state index < -0.39 is 5.97 Å². The number of ether oxygens (including phenoxy) is 1. The summed E-state index contributed by atoms with van der Waals surface area (Å²) in [5.41, 5.74) is 0.818. The first-order chi connectivity index (χ1) is 7.15. The van der Waals surface area contributed by atoms with Gasteiger partial charge in [0.1, 0.15) is 5.56 Å². The van der Waals surface area contributed by atoms with E-state index in [1.165, 1.54) is 6.07 Å². The molecule has 15 heavy (non-hydrogen) atoms. The van der Waals surface area contributed by atoms with E-state index in [0.29, 0.717) is 13.0 Å². The van der Waals surface area contributed by atoms with Crippen LogP contribution in [0.5, 0.6) is 5.88 Å². The standard InChI is InChI=1S/C11H13NO3/c1-3-4-7-15-10-9(11(13)14)6-5-8(2)12-10/h3,5-6H,1,4,7H2,2H3,(H,13,14). The van der Waals surface area contributed by atoms with Gasteiger partial charge in [0.25, 0.3) is 0 Å². The molecule has 0 saturated carbocycles. The van der Waals surface area contributed by atoms with Gasteiger partial charge in [0.2, 0.25) is 5.88 Å². The van der Waals surface area contributed by atoms with Crippen molar-refractivity contribution in [1.29, 1.82) is 0 Å². The zero-order valence-electron chi connectivity index (χ0n) is 8.56. The lowest BCUT2D eigenvalue weighted by atomic mass is 10.2. The van der Waals surface area contributed by atoms with E-state index >= 15 is 0 Å². The first-order valence-electron chi connectivity index (χ1n) is 4.59. The second-order valence-corrected chi connectivity index (χ2v) is 3.04. The van der Waals surface area contributed by atoms with Gasteiger partial charge in [0.15, 0.2) is 0 Å². The molecule has 0 aliphatic heterocycles. The van der Waals surface area contributed by atoms with Crippen molar-refractivity contribution >= 4 is 5.97 Å². The third-order valence-corrected chi connectivity index (χ3v) is 1.79. The SMILES string of the molecule is C=CCCOc1nc(C)ccc1C(=O)O. The Morgan fingerprint density at radius 3 is 3.00 bits per heavy atom. The molecule has 1 rings (SSSR count). The fourth-order valence-corrected chi connectivity index (χ4v) is 1.04. The van der Waals surface area contributed by atoms with Gasteiger partial charge in [-0.3, -0.25) is 0 Å². The van der Waals surface area contributed by atoms with Gasteiger partial charge in [-0.05, 0) is 25.5 Å². The van der Waals surface area contributed by atoms with E-state index in [9.17, 15) is 4.79 Å². The van der Waals surface area contributed by atoms with E-state index in [1.807, 2.05) is 0 Å². The summed E-state index contributed by atoms with van der Waals surface area (Å²) in [4.78, 5) is 14.9. The number of aryl methyl sites for hydroxylation is 1. The third-order valence-electron chi connectivity index (χ3n) is 1.79. The van der Waals surface area contributed by atoms with Gasteiger partial charge in [-0.2, -0.15) is 0 Å². The first kappa shape index (κ1) is 11.2. The summed E-state index contributed by atoms with van der Waals surface area (Å²) in [5.74, 6) is -0.861. The van der Waals surface area contributed by atoms with Gasteiger partial charge in [0, 0.05) is 5.69 Å². The largest absolute Gasteiger partial charge is 0.477 e. The second-order valence-electron chi connectivity index (χ2n) is 3.04. The monoisotopic (exact) mass is 207 g/mol. The topological polar surface area (TPSA) is 59.4 Å². The summed E-state index contributed by atoms with van der Waals surface area (Å²) >= 11 is 0. The molecule has 1 N–H and O–H groups in total. The highest BCUT2D eigenvalue weighted by molar-refractivity contribution is 5.90. The van der Waals surface area contributed by atoms with Crippen LogP contribution in [-0.4, -0.2) is 22.7 Å². The molecule has 0 amide bonds. The molecule has 0 aromatic carbocycles. The molecule has 0 atom stereocenters. The zero-order valence-corrected chi connectivity index (χ0v) is 8.56. The molecule has 0 spiro atoms. The number of hydrogen-bond donors (Lipinski definition) is 1. The molecule has 0 radical (unpaired) electrons. The normalized spacial score (nSPS) is 9.67. The molecule has 1 aromatic heterocycles. The van der Waals surface area contributed by atoms with E-state index in [4.69, 9.17) is 9.84 Å². The average Bonchev–Trinajstić information content (AvgIpc) is 2.18. The maximum atomic E-state index is 10.8. The number of aromatic carboxylic acids is 1. The van der Waals surface area contributed by atoms with Gasteiger partial charge in [-0.25, -0.2) is 9.78 Å². The summed E-state index contributed by atoms with van der Waals surface area (Å²) in [7, 11) is 0. The second kappa shape index (κ2) is 5.14. The van der Waals surface area contributed by atoms with Crippen LogP contribution >= 0.6 is 0 Å². The van der Waals surface area contributed by atoms with Crippen LogP contribution in [0.1, 0.15) is 22.5 Å². The highest BCUT2D eigenvalue weighted by Gasteiger charge is 2.12. The van der Waals surface area contributed by atoms with Crippen LogP contribution in [0.2, 0.25) is 0 Å². The minimum absolute atomic E-state index is 0.0877. The van der Waals surface area contributed by atoms with Crippen molar-refractivity contribution in [3.8, 4) is 5.88 Å². The van der Waals surface area contributed by atoms with Gasteiger partial charge < -0.3 is 9.84 Å². The van der Waals surface area contributed by atoms with Crippen LogP contribution in [0.3, 0.4) is 0 Å². The fraction of sp³-hybridized carbons (Fsp3) is 0.273. The zero-order chi connectivity index (χ0) is 11.3. The number of carboxylic acids is 1. The Morgan fingerprint density at radius 1 is 1.67 bits per heavy atom. The summed E-state index contributed by atoms with van der Waals surface area (Å²) in [6.07, 6.45) is 2.37. The van der Waals surface area contributed by atoms with Gasteiger partial charge in [-0.15, -0.1) is 6.58 Å². The van der Waals surface area contributed by atoms with Crippen molar-refractivity contribution < 1.29 is 14.6 Å². The van der Waals surface area contributed by atoms with Crippen LogP contribution in [-0.2, 0) is 0 Å². The fourth-order valence-electron chi connectivity index (χ4n) is 1.04. The molecular weight excluding hydrogens is 194 g/mol. The average molecular weight is 207 g/mol. The molecule has 0 bridgehead atoms. The molecule has 0 saturated heterocycles. The Kier molecular flexibility index (Phi) is 3.85. The van der Waals surface area contributed by atoms with E-state index in [1.54, 1.807) is 19.1 Å². The molecular formula is C11H13NO3. The van der Waals surface area contributed by atoms with E-state index in [0.717, 1.165) is 5.69 Å². The molecule has 1 heterocycles. The molecule has 0 unspecified atom stereocenters. The molecule has 0 fully saturated rings. The molecule has 4 nitrogen and oxygen atoms in total. The van der Waals surface area contributed by atoms with Crippen molar-refractivity contribution in [2.24, 2.45) is 0 Å². The molecule has 0 aliphatic rings. The lowest BCUT2D eigenvalue weighted by Gasteiger charge is -2.07. The molecule has 0 aliphatic carbocycles. The van der Waals surface area contributed by atoms with Crippen molar-refractivity contribution in [3.05, 3.63) is 36.0 Å². The first-order valence-corrected chi connectivity index (χ1v) is 4.59. The number of hydrogen-bond acceptors (Lipinski definition) is 3. The van der Waals surface area contributed by atoms with Crippen LogP contribution in [0, 0.1) is 6.92 Å². The van der Waals surface area contributed by atoms with Crippen LogP contribution in [0.25, 0.3) is 0 Å². The minimum atomic E-state index is -1.03. The lowest BCUT2D eigenvalue weighted by Crippen LogP contribution is -2.06. The van der Waals surface area contributed by atoms with Gasteiger partial charge in [0.05, 0.1) is 6.61 Å². The Morgan fingerprint density at radius 2 is 2.40 bits per heavy atom. The predicted octanol–water partition coefficient (Wildman–Crippen LogP) is 2.04. The van der Waals surface area contributed by atoms with E-state index in [2.05, 4.69) is 11.6 Å². The number of carbonyl (C=O) groups is 1. The Labute approximate surface area is 88.2 Å². The molecule has 4 heteroatoms. The van der Waals surface area contributed by atoms with Gasteiger partial charge >= 0.3 is 5.97 Å². The molecule has 80 valence electrons. The third kappa shape index (κ3) is 3.09. The van der Waals surface area contributed by atoms with E-state index in [-0.39, 0.29) is 11.4 Å². The number of rotatable bonds is 5. The number of carboxylic acid groups (broad SMARTS) is 1. The van der Waals surface area contributed by atoms with Crippen LogP contribution < -0.4 is 4.74 Å². The summed E-state index contributed by atoms with van der Waals surface area (Å²) in [5, 5.41) is 8.87. The van der Waals surface area contributed by atoms with Crippen molar-refractivity contribution in [2.75, 3.05) is 6.61 Å². The summed E-state index contributed by atoms with van der Waals surface area (Å²) < 4.78 is 5.26. The Hall–Kier alpha value is -1.84. The Balaban J connectivity index is 2.86. The number of pyridine rings is 1. The predicted molar refractivity (Wildman–Crippen MR) is 56.2 cm³/mol. The minimum Gasteiger partial charge on any atom is -0.477 e. The smallest absolute Gasteiger partial charge is 0.341 e. The van der Waals surface area contributed by atoms with Crippen molar-refractivity contribution in [3.63, 3.8) is 0 Å². The number of aromatic nitrogens is 1. The van der Waals surface area contributed by atoms with Crippen LogP contribution in [0.4, 0.5) is 0 Å². The quantitative estimate of drug-likeness (QED) is 0.593. The summed E-state index contributed by atoms with van der Waals surface area (Å²) in [6, 6.07) is 3.14. The highest BCUT2D eigenvalue weighted by Crippen LogP contribution is 2.16. The lowest BCUT2D eigenvalue weighted by molar-refractivity contribution is 0.0691. The van der Waals surface area contributed by atoms with Crippen molar-refractivity contribution in [2.45, 2.75) is 13.3 Å². The number of nitrogens with zero attached hydrogens (tertiary/aromatic N) is 1.